The normalized spacial score (nSPS) is 11.2. The Bertz CT molecular complexity index is 920. The molecule has 4 N–H and O–H groups in total. The van der Waals surface area contributed by atoms with Crippen molar-refractivity contribution in [2.45, 2.75) is 26.3 Å². The molecule has 2 aromatic carbocycles. The Morgan fingerprint density at radius 3 is 2.64 bits per heavy atom. The van der Waals surface area contributed by atoms with Gasteiger partial charge in [-0.25, -0.2) is 9.98 Å². The summed E-state index contributed by atoms with van der Waals surface area (Å²) in [7, 11) is 1.63. The molecule has 0 fully saturated rings. The molecule has 0 bridgehead atoms. The van der Waals surface area contributed by atoms with Crippen LogP contribution >= 0.6 is 24.0 Å². The van der Waals surface area contributed by atoms with Crippen LogP contribution in [0.15, 0.2) is 53.5 Å². The van der Waals surface area contributed by atoms with Gasteiger partial charge >= 0.3 is 0 Å². The molecule has 0 spiro atoms. The van der Waals surface area contributed by atoms with Crippen LogP contribution in [0.25, 0.3) is 11.4 Å². The summed E-state index contributed by atoms with van der Waals surface area (Å²) in [6, 6.07) is 15.7. The number of guanidine groups is 1. The van der Waals surface area contributed by atoms with Crippen molar-refractivity contribution in [3.05, 3.63) is 59.9 Å². The number of rotatable bonds is 6. The maximum Gasteiger partial charge on any atom is 0.193 e. The number of aliphatic imine (C=N–C) groups is 1. The average Bonchev–Trinajstić information content (AvgIpc) is 3.16. The van der Waals surface area contributed by atoms with E-state index in [0.717, 1.165) is 17.0 Å². The van der Waals surface area contributed by atoms with Crippen LogP contribution in [0.2, 0.25) is 0 Å². The number of benzene rings is 2. The first-order valence-corrected chi connectivity index (χ1v) is 8.77. The van der Waals surface area contributed by atoms with Crippen LogP contribution in [0.1, 0.15) is 31.2 Å². The first-order valence-electron chi connectivity index (χ1n) is 8.77. The molecule has 7 nitrogen and oxygen atoms in total. The van der Waals surface area contributed by atoms with Crippen molar-refractivity contribution in [2.24, 2.45) is 10.7 Å². The second kappa shape index (κ2) is 10.1. The van der Waals surface area contributed by atoms with Crippen LogP contribution < -0.4 is 15.8 Å². The van der Waals surface area contributed by atoms with Crippen LogP contribution in [-0.2, 0) is 6.54 Å². The lowest BCUT2D eigenvalue weighted by Crippen LogP contribution is -2.22. The summed E-state index contributed by atoms with van der Waals surface area (Å²) < 4.78 is 5.16. The molecule has 0 aliphatic rings. The summed E-state index contributed by atoms with van der Waals surface area (Å²) in [5.74, 6) is 2.83. The van der Waals surface area contributed by atoms with Crippen molar-refractivity contribution < 1.29 is 4.74 Å². The largest absolute Gasteiger partial charge is 0.497 e. The van der Waals surface area contributed by atoms with Crippen molar-refractivity contribution in [2.75, 3.05) is 12.4 Å². The molecular weight excluding hydrogens is 467 g/mol. The van der Waals surface area contributed by atoms with Gasteiger partial charge in [0.15, 0.2) is 11.8 Å². The lowest BCUT2D eigenvalue weighted by molar-refractivity contribution is 0.415. The second-order valence-electron chi connectivity index (χ2n) is 6.44. The van der Waals surface area contributed by atoms with Gasteiger partial charge in [0, 0.05) is 11.3 Å². The average molecular weight is 492 g/mol. The number of nitrogens with two attached hydrogens (primary N) is 1. The van der Waals surface area contributed by atoms with E-state index in [1.165, 1.54) is 5.56 Å². The molecular formula is C20H25IN6O. The molecule has 0 aliphatic heterocycles. The predicted octanol–water partition coefficient (Wildman–Crippen LogP) is 4.15. The van der Waals surface area contributed by atoms with Crippen molar-refractivity contribution in [3.63, 3.8) is 0 Å². The Labute approximate surface area is 181 Å². The topological polar surface area (TPSA) is 101 Å². The minimum absolute atomic E-state index is 0. The van der Waals surface area contributed by atoms with Gasteiger partial charge in [0.05, 0.1) is 7.11 Å². The molecule has 0 amide bonds. The summed E-state index contributed by atoms with van der Waals surface area (Å²) in [5.41, 5.74) is 9.05. The Hall–Kier alpha value is -2.62. The zero-order valence-electron chi connectivity index (χ0n) is 16.1. The van der Waals surface area contributed by atoms with Crippen molar-refractivity contribution >= 4 is 35.6 Å². The third kappa shape index (κ3) is 5.69. The zero-order valence-corrected chi connectivity index (χ0v) is 18.5. The summed E-state index contributed by atoms with van der Waals surface area (Å²) in [6.07, 6.45) is 0. The maximum absolute atomic E-state index is 5.99. The van der Waals surface area contributed by atoms with E-state index < -0.39 is 0 Å². The summed E-state index contributed by atoms with van der Waals surface area (Å²) in [5, 5.41) is 10.2. The fraction of sp³-hybridized carbons (Fsp3) is 0.250. The van der Waals surface area contributed by atoms with Gasteiger partial charge in [0.1, 0.15) is 18.1 Å². The predicted molar refractivity (Wildman–Crippen MR) is 123 cm³/mol. The monoisotopic (exact) mass is 492 g/mol. The smallest absolute Gasteiger partial charge is 0.193 e. The first-order chi connectivity index (χ1) is 13.0. The van der Waals surface area contributed by atoms with Gasteiger partial charge in [-0.3, -0.25) is 5.10 Å². The number of methoxy groups -OCH3 is 1. The third-order valence-electron chi connectivity index (χ3n) is 4.10. The maximum atomic E-state index is 5.99. The van der Waals surface area contributed by atoms with E-state index in [9.17, 15) is 0 Å². The zero-order chi connectivity index (χ0) is 19.2. The van der Waals surface area contributed by atoms with E-state index in [0.29, 0.717) is 30.1 Å². The van der Waals surface area contributed by atoms with E-state index in [1.54, 1.807) is 7.11 Å². The molecule has 0 saturated carbocycles. The molecule has 3 rings (SSSR count). The quantitative estimate of drug-likeness (QED) is 0.273. The summed E-state index contributed by atoms with van der Waals surface area (Å²) in [6.45, 7) is 4.62. The molecule has 0 saturated heterocycles. The highest BCUT2D eigenvalue weighted by Gasteiger charge is 2.06. The first kappa shape index (κ1) is 21.7. The molecule has 0 unspecified atom stereocenters. The Kier molecular flexibility index (Phi) is 7.80. The SMILES string of the molecule is COc1ccc(-c2n[nH]c(CN=C(N)Nc3cccc(C(C)C)c3)n2)cc1.I. The second-order valence-corrected chi connectivity index (χ2v) is 6.44. The number of nitrogens with one attached hydrogen (secondary N) is 2. The minimum atomic E-state index is 0. The molecule has 0 radical (unpaired) electrons. The van der Waals surface area contributed by atoms with Crippen LogP contribution in [0.4, 0.5) is 5.69 Å². The van der Waals surface area contributed by atoms with Crippen LogP contribution in [0.3, 0.4) is 0 Å². The number of nitrogens with zero attached hydrogens (tertiary/aromatic N) is 3. The Balaban J connectivity index is 0.00000280. The summed E-state index contributed by atoms with van der Waals surface area (Å²) >= 11 is 0. The third-order valence-corrected chi connectivity index (χ3v) is 4.10. The van der Waals surface area contributed by atoms with Gasteiger partial charge in [-0.1, -0.05) is 26.0 Å². The van der Waals surface area contributed by atoms with E-state index in [1.807, 2.05) is 36.4 Å². The van der Waals surface area contributed by atoms with E-state index >= 15 is 0 Å². The number of halogens is 1. The van der Waals surface area contributed by atoms with Gasteiger partial charge in [0.2, 0.25) is 0 Å². The Morgan fingerprint density at radius 1 is 1.21 bits per heavy atom. The molecule has 28 heavy (non-hydrogen) atoms. The van der Waals surface area contributed by atoms with E-state index in [4.69, 9.17) is 10.5 Å². The molecule has 0 aliphatic carbocycles. The Morgan fingerprint density at radius 2 is 1.96 bits per heavy atom. The number of hydrogen-bond acceptors (Lipinski definition) is 4. The van der Waals surface area contributed by atoms with Crippen LogP contribution in [0, 0.1) is 0 Å². The summed E-state index contributed by atoms with van der Waals surface area (Å²) in [4.78, 5) is 8.78. The number of aromatic nitrogens is 3. The van der Waals surface area contributed by atoms with Crippen LogP contribution in [0.5, 0.6) is 5.75 Å². The van der Waals surface area contributed by atoms with Crippen molar-refractivity contribution in [1.29, 1.82) is 0 Å². The fourth-order valence-corrected chi connectivity index (χ4v) is 2.56. The number of H-pyrrole nitrogens is 1. The van der Waals surface area contributed by atoms with Crippen molar-refractivity contribution in [1.82, 2.24) is 15.2 Å². The van der Waals surface area contributed by atoms with Gasteiger partial charge in [-0.2, -0.15) is 5.10 Å². The standard InChI is InChI=1S/C20H24N6O.HI/c1-13(2)15-5-4-6-16(11-15)23-20(21)22-12-18-24-19(26-25-18)14-7-9-17(27-3)10-8-14;/h4-11,13H,12H2,1-3H3,(H3,21,22,23)(H,24,25,26);1H. The van der Waals surface area contributed by atoms with Gasteiger partial charge < -0.3 is 15.8 Å². The number of hydrogen-bond donors (Lipinski definition) is 3. The minimum Gasteiger partial charge on any atom is -0.497 e. The lowest BCUT2D eigenvalue weighted by Gasteiger charge is -2.09. The van der Waals surface area contributed by atoms with E-state index in [2.05, 4.69) is 51.5 Å². The van der Waals surface area contributed by atoms with Gasteiger partial charge in [-0.05, 0) is 47.9 Å². The lowest BCUT2D eigenvalue weighted by atomic mass is 10.0. The highest BCUT2D eigenvalue weighted by Crippen LogP contribution is 2.20. The van der Waals surface area contributed by atoms with Gasteiger partial charge in [-0.15, -0.1) is 24.0 Å². The van der Waals surface area contributed by atoms with Crippen LogP contribution in [-0.4, -0.2) is 28.3 Å². The number of aromatic amines is 1. The fourth-order valence-electron chi connectivity index (χ4n) is 2.56. The van der Waals surface area contributed by atoms with Gasteiger partial charge in [0.25, 0.3) is 0 Å². The number of anilines is 1. The molecule has 148 valence electrons. The van der Waals surface area contributed by atoms with Crippen molar-refractivity contribution in [3.8, 4) is 17.1 Å². The molecule has 1 aromatic heterocycles. The number of ether oxygens (including phenoxy) is 1. The molecule has 1 heterocycles. The molecule has 3 aromatic rings. The molecule has 8 heteroatoms. The highest BCUT2D eigenvalue weighted by atomic mass is 127. The molecule has 0 atom stereocenters. The highest BCUT2D eigenvalue weighted by molar-refractivity contribution is 14.0. The van der Waals surface area contributed by atoms with E-state index in [-0.39, 0.29) is 24.0 Å².